The highest BCUT2D eigenvalue weighted by atomic mass is 32.2. The Labute approximate surface area is 177 Å². The molecule has 0 aliphatic heterocycles. The van der Waals surface area contributed by atoms with Gasteiger partial charge in [-0.25, -0.2) is 4.98 Å². The van der Waals surface area contributed by atoms with E-state index in [4.69, 9.17) is 9.47 Å². The third-order valence-electron chi connectivity index (χ3n) is 3.45. The minimum atomic E-state index is -4.29. The summed E-state index contributed by atoms with van der Waals surface area (Å²) in [5.74, 6) is 1.86. The van der Waals surface area contributed by atoms with E-state index < -0.39 is 12.7 Å². The van der Waals surface area contributed by atoms with E-state index in [0.717, 1.165) is 27.6 Å². The Kier molecular flexibility index (Phi) is 7.19. The molecule has 29 heavy (non-hydrogen) atoms. The number of thioether (sulfide) groups is 1. The number of methoxy groups -OCH3 is 1. The van der Waals surface area contributed by atoms with Crippen LogP contribution < -0.4 is 14.8 Å². The van der Waals surface area contributed by atoms with Gasteiger partial charge in [-0.05, 0) is 25.1 Å². The molecule has 1 N–H and O–H groups in total. The fourth-order valence-corrected chi connectivity index (χ4v) is 4.79. The Morgan fingerprint density at radius 3 is 2.76 bits per heavy atom. The molecular weight excluding hydrogens is 445 g/mol. The number of hydrogen-bond acceptors (Lipinski definition) is 9. The molecule has 0 spiro atoms. The molecule has 0 aliphatic carbocycles. The number of nitrogens with zero attached hydrogens (tertiary/aromatic N) is 3. The number of aromatic nitrogens is 3. The van der Waals surface area contributed by atoms with Gasteiger partial charge < -0.3 is 14.8 Å². The molecule has 0 amide bonds. The normalized spacial score (nSPS) is 11.5. The lowest BCUT2D eigenvalue weighted by Crippen LogP contribution is -2.21. The number of rotatable bonds is 9. The van der Waals surface area contributed by atoms with Gasteiger partial charge in [-0.2, -0.15) is 13.2 Å². The number of ether oxygens (including phenoxy) is 2. The largest absolute Gasteiger partial charge is 0.493 e. The molecule has 156 valence electrons. The molecule has 0 atom stereocenters. The van der Waals surface area contributed by atoms with Gasteiger partial charge in [0.25, 0.3) is 0 Å². The zero-order chi connectivity index (χ0) is 20.9. The first-order valence-electron chi connectivity index (χ1n) is 8.40. The molecule has 0 fully saturated rings. The minimum absolute atomic E-state index is 0.144. The van der Waals surface area contributed by atoms with Gasteiger partial charge in [-0.1, -0.05) is 23.1 Å². The van der Waals surface area contributed by atoms with Crippen LogP contribution in [0.1, 0.15) is 12.6 Å². The molecule has 6 nitrogen and oxygen atoms in total. The first kappa shape index (κ1) is 21.7. The average molecular weight is 463 g/mol. The minimum Gasteiger partial charge on any atom is -0.493 e. The highest BCUT2D eigenvalue weighted by Gasteiger charge is 2.27. The fourth-order valence-electron chi connectivity index (χ4n) is 2.23. The van der Waals surface area contributed by atoms with Crippen molar-refractivity contribution in [3.63, 3.8) is 0 Å². The second-order valence-corrected chi connectivity index (χ2v) is 8.63. The van der Waals surface area contributed by atoms with Gasteiger partial charge in [-0.3, -0.25) is 0 Å². The van der Waals surface area contributed by atoms with Crippen LogP contribution in [0.3, 0.4) is 0 Å². The maximum atomic E-state index is 12.2. The zero-order valence-electron chi connectivity index (χ0n) is 15.4. The average Bonchev–Trinajstić information content (AvgIpc) is 3.34. The molecule has 12 heteroatoms. The van der Waals surface area contributed by atoms with E-state index >= 15 is 0 Å². The number of thiazole rings is 1. The van der Waals surface area contributed by atoms with E-state index in [1.807, 2.05) is 30.5 Å². The molecule has 0 saturated carbocycles. The van der Waals surface area contributed by atoms with Crippen molar-refractivity contribution in [2.75, 3.05) is 25.6 Å². The van der Waals surface area contributed by atoms with Gasteiger partial charge in [0.1, 0.15) is 11.6 Å². The molecule has 0 aliphatic rings. The number of halogens is 3. The quantitative estimate of drug-likeness (QED) is 0.431. The van der Waals surface area contributed by atoms with Gasteiger partial charge in [0.2, 0.25) is 5.13 Å². The van der Waals surface area contributed by atoms with E-state index in [2.05, 4.69) is 20.5 Å². The molecule has 3 aromatic rings. The van der Waals surface area contributed by atoms with E-state index in [1.54, 1.807) is 7.11 Å². The maximum absolute atomic E-state index is 12.2. The Morgan fingerprint density at radius 1 is 1.21 bits per heavy atom. The van der Waals surface area contributed by atoms with Crippen LogP contribution >= 0.6 is 34.4 Å². The molecule has 1 aromatic carbocycles. The standard InChI is InChI=1S/C17H17F3N4O2S3/c1-3-26-12-5-4-10(6-13(12)25-2)14-22-11(7-27-14)8-28-16-24-23-15(29-16)21-9-17(18,19)20/h4-7H,3,8-9H2,1-2H3,(H,21,23). The molecule has 0 unspecified atom stereocenters. The maximum Gasteiger partial charge on any atom is 0.405 e. The molecule has 0 saturated heterocycles. The second kappa shape index (κ2) is 9.63. The van der Waals surface area contributed by atoms with Crippen molar-refractivity contribution < 1.29 is 22.6 Å². The molecule has 0 radical (unpaired) electrons. The SMILES string of the molecule is CCOc1ccc(-c2nc(CSc3nnc(NCC(F)(F)F)s3)cs2)cc1OC. The smallest absolute Gasteiger partial charge is 0.405 e. The molecule has 2 heterocycles. The topological polar surface area (TPSA) is 69.2 Å². The van der Waals surface area contributed by atoms with Crippen LogP contribution in [0.15, 0.2) is 27.9 Å². The van der Waals surface area contributed by atoms with Crippen LogP contribution in [0.25, 0.3) is 10.6 Å². The van der Waals surface area contributed by atoms with Crippen LogP contribution in [-0.4, -0.2) is 41.6 Å². The summed E-state index contributed by atoms with van der Waals surface area (Å²) in [5, 5.41) is 12.8. The van der Waals surface area contributed by atoms with Crippen molar-refractivity contribution >= 4 is 39.6 Å². The van der Waals surface area contributed by atoms with Gasteiger partial charge in [0.15, 0.2) is 15.8 Å². The van der Waals surface area contributed by atoms with Gasteiger partial charge >= 0.3 is 6.18 Å². The van der Waals surface area contributed by atoms with E-state index in [-0.39, 0.29) is 5.13 Å². The van der Waals surface area contributed by atoms with Crippen molar-refractivity contribution in [1.29, 1.82) is 0 Å². The van der Waals surface area contributed by atoms with Crippen LogP contribution in [0, 0.1) is 0 Å². The van der Waals surface area contributed by atoms with Gasteiger partial charge in [0.05, 0.1) is 19.4 Å². The van der Waals surface area contributed by atoms with Crippen LogP contribution in [0.2, 0.25) is 0 Å². The van der Waals surface area contributed by atoms with Crippen molar-refractivity contribution in [2.45, 2.75) is 23.2 Å². The highest BCUT2D eigenvalue weighted by Crippen LogP contribution is 2.35. The number of nitrogens with one attached hydrogen (secondary N) is 1. The van der Waals surface area contributed by atoms with Crippen molar-refractivity contribution in [1.82, 2.24) is 15.2 Å². The summed E-state index contributed by atoms with van der Waals surface area (Å²) in [5.41, 5.74) is 1.77. The van der Waals surface area contributed by atoms with Crippen LogP contribution in [0.5, 0.6) is 11.5 Å². The monoisotopic (exact) mass is 462 g/mol. The summed E-state index contributed by atoms with van der Waals surface area (Å²) in [6.07, 6.45) is -4.29. The summed E-state index contributed by atoms with van der Waals surface area (Å²) in [6, 6.07) is 5.65. The Bertz CT molecular complexity index is 946. The van der Waals surface area contributed by atoms with Crippen molar-refractivity contribution in [3.05, 3.63) is 29.3 Å². The Morgan fingerprint density at radius 2 is 2.03 bits per heavy atom. The summed E-state index contributed by atoms with van der Waals surface area (Å²) in [7, 11) is 1.59. The number of hydrogen-bond donors (Lipinski definition) is 1. The first-order valence-corrected chi connectivity index (χ1v) is 11.1. The van der Waals surface area contributed by atoms with E-state index in [1.165, 1.54) is 23.1 Å². The lowest BCUT2D eigenvalue weighted by molar-refractivity contribution is -0.115. The first-order chi connectivity index (χ1) is 13.9. The predicted molar refractivity (Wildman–Crippen MR) is 109 cm³/mol. The highest BCUT2D eigenvalue weighted by molar-refractivity contribution is 8.00. The molecule has 3 rings (SSSR count). The van der Waals surface area contributed by atoms with Crippen LogP contribution in [-0.2, 0) is 5.75 Å². The van der Waals surface area contributed by atoms with E-state index in [0.29, 0.717) is 28.2 Å². The third-order valence-corrected chi connectivity index (χ3v) is 6.44. The Hall–Kier alpha value is -2.05. The summed E-state index contributed by atoms with van der Waals surface area (Å²) in [6.45, 7) is 1.33. The number of benzene rings is 1. The fraction of sp³-hybridized carbons (Fsp3) is 0.353. The van der Waals surface area contributed by atoms with Crippen LogP contribution in [0.4, 0.5) is 18.3 Å². The van der Waals surface area contributed by atoms with Crippen molar-refractivity contribution in [2.24, 2.45) is 0 Å². The zero-order valence-corrected chi connectivity index (χ0v) is 17.9. The summed E-state index contributed by atoms with van der Waals surface area (Å²) >= 11 is 3.96. The van der Waals surface area contributed by atoms with Gasteiger partial charge in [0, 0.05) is 16.7 Å². The third kappa shape index (κ3) is 6.21. The van der Waals surface area contributed by atoms with Gasteiger partial charge in [-0.15, -0.1) is 21.5 Å². The summed E-state index contributed by atoms with van der Waals surface area (Å²) in [4.78, 5) is 4.62. The number of alkyl halides is 3. The van der Waals surface area contributed by atoms with E-state index in [9.17, 15) is 13.2 Å². The predicted octanol–water partition coefficient (Wildman–Crippen LogP) is 5.34. The summed E-state index contributed by atoms with van der Waals surface area (Å²) < 4.78 is 48.2. The van der Waals surface area contributed by atoms with Crippen molar-refractivity contribution in [3.8, 4) is 22.1 Å². The lowest BCUT2D eigenvalue weighted by atomic mass is 10.2. The molecular formula is C17H17F3N4O2S3. The molecule has 2 aromatic heterocycles. The second-order valence-electron chi connectivity index (χ2n) is 5.57. The Balaban J connectivity index is 1.60. The molecule has 0 bridgehead atoms. The lowest BCUT2D eigenvalue weighted by Gasteiger charge is -2.09. The number of anilines is 1.